The number of alkyl halides is 3. The second-order valence-corrected chi connectivity index (χ2v) is 3.88. The van der Waals surface area contributed by atoms with Crippen molar-refractivity contribution in [1.29, 1.82) is 0 Å². The molecule has 0 spiro atoms. The van der Waals surface area contributed by atoms with Crippen molar-refractivity contribution in [3.05, 3.63) is 0 Å². The maximum absolute atomic E-state index is 11.9. The Morgan fingerprint density at radius 3 is 1.83 bits per heavy atom. The van der Waals surface area contributed by atoms with Crippen LogP contribution in [0.25, 0.3) is 0 Å². The third-order valence-corrected chi connectivity index (χ3v) is 2.54. The van der Waals surface area contributed by atoms with Gasteiger partial charge in [-0.1, -0.05) is 0 Å². The molecule has 2 N–H and O–H groups in total. The van der Waals surface area contributed by atoms with Crippen LogP contribution in [0, 0.1) is 0 Å². The average molecular weight is 206 g/mol. The largest absolute Gasteiger partial charge is 0.404 e. The smallest absolute Gasteiger partial charge is 0.216 e. The molecule has 1 atom stereocenters. The van der Waals surface area contributed by atoms with E-state index in [0.717, 1.165) is 7.05 Å². The van der Waals surface area contributed by atoms with Gasteiger partial charge >= 0.3 is 6.18 Å². The Kier molecular flexibility index (Phi) is 3.10. The van der Waals surface area contributed by atoms with Crippen LogP contribution in [0.1, 0.15) is 6.92 Å². The highest BCUT2D eigenvalue weighted by atomic mass is 32.2. The molecule has 0 saturated carbocycles. The van der Waals surface area contributed by atoms with E-state index in [-0.39, 0.29) is 4.31 Å². The summed E-state index contributed by atoms with van der Waals surface area (Å²) in [6.07, 6.45) is -4.60. The lowest BCUT2D eigenvalue weighted by atomic mass is 10.3. The summed E-state index contributed by atoms with van der Waals surface area (Å²) < 4.78 is 56.5. The number of nitrogens with two attached hydrogens (primary N) is 1. The maximum atomic E-state index is 11.9. The van der Waals surface area contributed by atoms with Crippen LogP contribution in [-0.4, -0.2) is 32.0 Å². The number of halogens is 3. The normalized spacial score (nSPS) is 16.6. The van der Waals surface area contributed by atoms with E-state index in [9.17, 15) is 21.6 Å². The number of nitrogens with zero attached hydrogens (tertiary/aromatic N) is 1. The van der Waals surface area contributed by atoms with Crippen molar-refractivity contribution < 1.29 is 21.6 Å². The predicted molar refractivity (Wildman–Crippen MR) is 36.4 cm³/mol. The fraction of sp³-hybridized carbons (Fsp3) is 1.00. The molecule has 74 valence electrons. The van der Waals surface area contributed by atoms with Crippen LogP contribution in [0.4, 0.5) is 13.2 Å². The second-order valence-electron chi connectivity index (χ2n) is 2.28. The zero-order chi connectivity index (χ0) is 10.2. The molecule has 0 bridgehead atoms. The Balaban J connectivity index is 4.64. The first-order valence-electron chi connectivity index (χ1n) is 2.89. The summed E-state index contributed by atoms with van der Waals surface area (Å²) in [7, 11) is -3.50. The zero-order valence-corrected chi connectivity index (χ0v) is 7.28. The lowest BCUT2D eigenvalue weighted by molar-refractivity contribution is -0.164. The first-order chi connectivity index (χ1) is 5.07. The second kappa shape index (κ2) is 3.19. The summed E-state index contributed by atoms with van der Waals surface area (Å²) in [5, 5.41) is 4.47. The van der Waals surface area contributed by atoms with Crippen molar-refractivity contribution in [3.8, 4) is 0 Å². The zero-order valence-electron chi connectivity index (χ0n) is 6.46. The third kappa shape index (κ3) is 2.95. The van der Waals surface area contributed by atoms with E-state index in [4.69, 9.17) is 0 Å². The Morgan fingerprint density at radius 1 is 1.42 bits per heavy atom. The van der Waals surface area contributed by atoms with Crippen LogP contribution >= 0.6 is 0 Å². The van der Waals surface area contributed by atoms with Crippen LogP contribution in [0.2, 0.25) is 0 Å². The molecule has 0 unspecified atom stereocenters. The van der Waals surface area contributed by atoms with Crippen molar-refractivity contribution in [2.75, 3.05) is 7.05 Å². The van der Waals surface area contributed by atoms with Crippen LogP contribution in [0.3, 0.4) is 0 Å². The van der Waals surface area contributed by atoms with Gasteiger partial charge in [-0.15, -0.1) is 0 Å². The summed E-state index contributed by atoms with van der Waals surface area (Å²) in [5.41, 5.74) is 0. The first-order valence-corrected chi connectivity index (χ1v) is 4.39. The van der Waals surface area contributed by atoms with E-state index in [2.05, 4.69) is 5.14 Å². The molecule has 0 fully saturated rings. The quantitative estimate of drug-likeness (QED) is 0.695. The fourth-order valence-corrected chi connectivity index (χ4v) is 0.987. The van der Waals surface area contributed by atoms with Crippen LogP contribution in [0.5, 0.6) is 0 Å². The summed E-state index contributed by atoms with van der Waals surface area (Å²) in [5.74, 6) is 0. The lowest BCUT2D eigenvalue weighted by Gasteiger charge is -2.23. The van der Waals surface area contributed by atoms with E-state index in [1.54, 1.807) is 0 Å². The molecule has 0 saturated heterocycles. The molecule has 0 aliphatic rings. The number of rotatable bonds is 2. The number of hydrogen-bond donors (Lipinski definition) is 1. The minimum atomic E-state index is -4.60. The van der Waals surface area contributed by atoms with E-state index >= 15 is 0 Å². The van der Waals surface area contributed by atoms with Crippen molar-refractivity contribution in [2.24, 2.45) is 5.14 Å². The Labute approximate surface area is 68.3 Å². The molecular weight excluding hydrogens is 197 g/mol. The highest BCUT2D eigenvalue weighted by molar-refractivity contribution is 7.86. The summed E-state index contributed by atoms with van der Waals surface area (Å²) >= 11 is 0. The van der Waals surface area contributed by atoms with Gasteiger partial charge in [0.15, 0.2) is 0 Å². The van der Waals surface area contributed by atoms with Crippen molar-refractivity contribution in [2.45, 2.75) is 19.1 Å². The van der Waals surface area contributed by atoms with Crippen molar-refractivity contribution in [3.63, 3.8) is 0 Å². The van der Waals surface area contributed by atoms with Gasteiger partial charge in [0.05, 0.1) is 0 Å². The highest BCUT2D eigenvalue weighted by Gasteiger charge is 2.41. The van der Waals surface area contributed by atoms with Gasteiger partial charge in [0.2, 0.25) is 0 Å². The molecule has 0 aromatic heterocycles. The molecular formula is C4H9F3N2O2S. The average Bonchev–Trinajstić information content (AvgIpc) is 1.80. The van der Waals surface area contributed by atoms with Crippen molar-refractivity contribution in [1.82, 2.24) is 4.31 Å². The Morgan fingerprint density at radius 2 is 1.75 bits per heavy atom. The topological polar surface area (TPSA) is 63.4 Å². The molecule has 0 heterocycles. The van der Waals surface area contributed by atoms with Crippen LogP contribution < -0.4 is 5.14 Å². The predicted octanol–water partition coefficient (Wildman–Crippen LogP) is 0.0725. The molecule has 0 amide bonds. The van der Waals surface area contributed by atoms with Gasteiger partial charge in [-0.25, -0.2) is 5.14 Å². The van der Waals surface area contributed by atoms with E-state index < -0.39 is 22.4 Å². The fourth-order valence-electron chi connectivity index (χ4n) is 0.427. The van der Waals surface area contributed by atoms with Crippen molar-refractivity contribution >= 4 is 10.2 Å². The van der Waals surface area contributed by atoms with E-state index in [1.165, 1.54) is 0 Å². The maximum Gasteiger partial charge on any atom is 0.404 e. The van der Waals surface area contributed by atoms with Gasteiger partial charge in [0.1, 0.15) is 6.04 Å². The summed E-state index contributed by atoms with van der Waals surface area (Å²) in [6, 6.07) is -2.10. The number of hydrogen-bond acceptors (Lipinski definition) is 2. The van der Waals surface area contributed by atoms with Crippen LogP contribution in [0.15, 0.2) is 0 Å². The van der Waals surface area contributed by atoms with E-state index in [0.29, 0.717) is 6.92 Å². The van der Waals surface area contributed by atoms with Gasteiger partial charge in [-0.2, -0.15) is 25.9 Å². The Bertz CT molecular complexity index is 248. The molecule has 0 aromatic rings. The monoisotopic (exact) mass is 206 g/mol. The molecule has 12 heavy (non-hydrogen) atoms. The minimum Gasteiger partial charge on any atom is -0.216 e. The SMILES string of the molecule is C[C@@H](N(C)S(N)(=O)=O)C(F)(F)F. The highest BCUT2D eigenvalue weighted by Crippen LogP contribution is 2.24. The van der Waals surface area contributed by atoms with Gasteiger partial charge in [-0.3, -0.25) is 0 Å². The minimum absolute atomic E-state index is 0.0625. The van der Waals surface area contributed by atoms with Crippen LogP contribution in [-0.2, 0) is 10.2 Å². The standard InChI is InChI=1S/C4H9F3N2O2S/c1-3(4(5,6)7)9(2)12(8,10)11/h3H,1-2H3,(H2,8,10,11)/t3-/m1/s1. The van der Waals surface area contributed by atoms with E-state index in [1.807, 2.05) is 0 Å². The van der Waals surface area contributed by atoms with Gasteiger partial charge in [-0.05, 0) is 6.92 Å². The molecule has 0 radical (unpaired) electrons. The molecule has 8 heteroatoms. The molecule has 0 aliphatic carbocycles. The van der Waals surface area contributed by atoms with Gasteiger partial charge in [0, 0.05) is 7.05 Å². The molecule has 0 aliphatic heterocycles. The van der Waals surface area contributed by atoms with Gasteiger partial charge in [0.25, 0.3) is 10.2 Å². The first kappa shape index (κ1) is 11.7. The lowest BCUT2D eigenvalue weighted by Crippen LogP contribution is -2.47. The molecule has 4 nitrogen and oxygen atoms in total. The molecule has 0 rings (SSSR count). The third-order valence-electron chi connectivity index (χ3n) is 1.42. The molecule has 0 aromatic carbocycles. The summed E-state index contributed by atoms with van der Waals surface area (Å²) in [6.45, 7) is 0.713. The summed E-state index contributed by atoms with van der Waals surface area (Å²) in [4.78, 5) is 0. The Hall–Kier alpha value is -0.340. The van der Waals surface area contributed by atoms with Gasteiger partial charge < -0.3 is 0 Å².